The first kappa shape index (κ1) is 10.7. The van der Waals surface area contributed by atoms with E-state index in [0.717, 1.165) is 31.5 Å². The highest BCUT2D eigenvalue weighted by molar-refractivity contribution is 5.11. The monoisotopic (exact) mass is 207 g/mol. The summed E-state index contributed by atoms with van der Waals surface area (Å²) in [5, 5.41) is 8.12. The Labute approximate surface area is 91.9 Å². The van der Waals surface area contributed by atoms with Gasteiger partial charge in [0.1, 0.15) is 0 Å². The van der Waals surface area contributed by atoms with Gasteiger partial charge in [-0.05, 0) is 31.7 Å². The van der Waals surface area contributed by atoms with Gasteiger partial charge in [-0.3, -0.25) is 4.68 Å². The molecule has 2 unspecified atom stereocenters. The van der Waals surface area contributed by atoms with Crippen LogP contribution in [-0.2, 0) is 19.5 Å². The van der Waals surface area contributed by atoms with Crippen LogP contribution in [0.15, 0.2) is 6.07 Å². The van der Waals surface area contributed by atoms with Crippen LogP contribution >= 0.6 is 0 Å². The van der Waals surface area contributed by atoms with Crippen LogP contribution in [0.5, 0.6) is 0 Å². The van der Waals surface area contributed by atoms with E-state index in [1.54, 1.807) is 0 Å². The highest BCUT2D eigenvalue weighted by Gasteiger charge is 2.31. The van der Waals surface area contributed by atoms with Crippen LogP contribution in [0.2, 0.25) is 0 Å². The zero-order valence-corrected chi connectivity index (χ0v) is 9.95. The summed E-state index contributed by atoms with van der Waals surface area (Å²) in [5.41, 5.74) is 2.53. The van der Waals surface area contributed by atoms with Gasteiger partial charge in [-0.2, -0.15) is 5.10 Å². The van der Waals surface area contributed by atoms with Crippen LogP contribution in [0.4, 0.5) is 0 Å². The van der Waals surface area contributed by atoms with E-state index in [4.69, 9.17) is 0 Å². The molecule has 3 nitrogen and oxygen atoms in total. The minimum Gasteiger partial charge on any atom is -0.308 e. The molecule has 2 atom stereocenters. The largest absolute Gasteiger partial charge is 0.308 e. The van der Waals surface area contributed by atoms with Gasteiger partial charge in [-0.15, -0.1) is 0 Å². The summed E-state index contributed by atoms with van der Waals surface area (Å²) in [4.78, 5) is 0. The molecule has 1 aromatic heterocycles. The number of aromatic nitrogens is 2. The Morgan fingerprint density at radius 3 is 2.80 bits per heavy atom. The van der Waals surface area contributed by atoms with E-state index in [2.05, 4.69) is 41.9 Å². The number of hydrogen-bond donors (Lipinski definition) is 1. The van der Waals surface area contributed by atoms with Gasteiger partial charge in [0, 0.05) is 19.1 Å². The average Bonchev–Trinajstić information content (AvgIpc) is 2.81. The standard InChI is InChI=1S/C12H21N3/c1-4-10-7-11(15(5-2)14-10)8-13-12-6-9(12)3/h7,9,12-13H,4-6,8H2,1-3H3. The van der Waals surface area contributed by atoms with Gasteiger partial charge in [0.25, 0.3) is 0 Å². The SMILES string of the molecule is CCc1cc(CNC2CC2C)n(CC)n1. The Bertz CT molecular complexity index is 330. The molecular weight excluding hydrogens is 186 g/mol. The van der Waals surface area contributed by atoms with Gasteiger partial charge in [0.2, 0.25) is 0 Å². The molecule has 1 aliphatic carbocycles. The Morgan fingerprint density at radius 1 is 1.53 bits per heavy atom. The number of nitrogens with zero attached hydrogens (tertiary/aromatic N) is 2. The molecule has 1 aromatic rings. The van der Waals surface area contributed by atoms with Crippen molar-refractivity contribution in [2.75, 3.05) is 0 Å². The van der Waals surface area contributed by atoms with E-state index in [9.17, 15) is 0 Å². The molecule has 3 heteroatoms. The molecule has 84 valence electrons. The topological polar surface area (TPSA) is 29.9 Å². The van der Waals surface area contributed by atoms with Crippen molar-refractivity contribution >= 4 is 0 Å². The second-order valence-corrected chi connectivity index (χ2v) is 4.50. The van der Waals surface area contributed by atoms with Gasteiger partial charge >= 0.3 is 0 Å². The molecule has 1 N–H and O–H groups in total. The fourth-order valence-corrected chi connectivity index (χ4v) is 1.95. The molecule has 1 saturated carbocycles. The molecule has 1 fully saturated rings. The van der Waals surface area contributed by atoms with Crippen molar-refractivity contribution in [1.29, 1.82) is 0 Å². The Morgan fingerprint density at radius 2 is 2.27 bits per heavy atom. The fourth-order valence-electron chi connectivity index (χ4n) is 1.95. The van der Waals surface area contributed by atoms with E-state index in [0.29, 0.717) is 0 Å². The molecule has 1 aliphatic rings. The lowest BCUT2D eigenvalue weighted by Gasteiger charge is -2.05. The van der Waals surface area contributed by atoms with Crippen LogP contribution in [-0.4, -0.2) is 15.8 Å². The first-order chi connectivity index (χ1) is 7.24. The molecule has 1 heterocycles. The van der Waals surface area contributed by atoms with E-state index < -0.39 is 0 Å². The number of rotatable bonds is 5. The maximum atomic E-state index is 4.54. The van der Waals surface area contributed by atoms with E-state index in [-0.39, 0.29) is 0 Å². The minimum absolute atomic E-state index is 0.746. The zero-order chi connectivity index (χ0) is 10.8. The van der Waals surface area contributed by atoms with Gasteiger partial charge in [0.05, 0.1) is 11.4 Å². The number of aryl methyl sites for hydroxylation is 2. The second kappa shape index (κ2) is 4.35. The highest BCUT2D eigenvalue weighted by atomic mass is 15.3. The summed E-state index contributed by atoms with van der Waals surface area (Å²) in [5.74, 6) is 0.869. The molecule has 0 radical (unpaired) electrons. The van der Waals surface area contributed by atoms with Gasteiger partial charge in [-0.1, -0.05) is 13.8 Å². The van der Waals surface area contributed by atoms with Crippen LogP contribution in [0.3, 0.4) is 0 Å². The third-order valence-electron chi connectivity index (χ3n) is 3.23. The van der Waals surface area contributed by atoms with Crippen molar-refractivity contribution in [3.63, 3.8) is 0 Å². The van der Waals surface area contributed by atoms with Crippen molar-refractivity contribution in [3.8, 4) is 0 Å². The highest BCUT2D eigenvalue weighted by Crippen LogP contribution is 2.29. The number of nitrogens with one attached hydrogen (secondary N) is 1. The third-order valence-corrected chi connectivity index (χ3v) is 3.23. The van der Waals surface area contributed by atoms with Crippen molar-refractivity contribution in [3.05, 3.63) is 17.5 Å². The normalized spacial score (nSPS) is 24.5. The Kier molecular flexibility index (Phi) is 3.10. The fraction of sp³-hybridized carbons (Fsp3) is 0.750. The van der Waals surface area contributed by atoms with Gasteiger partial charge < -0.3 is 5.32 Å². The summed E-state index contributed by atoms with van der Waals surface area (Å²) in [6, 6.07) is 2.97. The van der Waals surface area contributed by atoms with E-state index in [1.165, 1.54) is 17.8 Å². The Hall–Kier alpha value is -0.830. The third kappa shape index (κ3) is 2.40. The smallest absolute Gasteiger partial charge is 0.0625 e. The first-order valence-electron chi connectivity index (χ1n) is 6.03. The average molecular weight is 207 g/mol. The molecule has 0 aliphatic heterocycles. The molecule has 0 aromatic carbocycles. The lowest BCUT2D eigenvalue weighted by atomic mass is 10.3. The maximum Gasteiger partial charge on any atom is 0.0625 e. The van der Waals surface area contributed by atoms with Crippen LogP contribution in [0.1, 0.15) is 38.6 Å². The molecular formula is C12H21N3. The second-order valence-electron chi connectivity index (χ2n) is 4.50. The summed E-state index contributed by atoms with van der Waals surface area (Å²) in [7, 11) is 0. The molecule has 15 heavy (non-hydrogen) atoms. The van der Waals surface area contributed by atoms with Crippen molar-refractivity contribution in [2.24, 2.45) is 5.92 Å². The van der Waals surface area contributed by atoms with Crippen LogP contribution in [0.25, 0.3) is 0 Å². The zero-order valence-electron chi connectivity index (χ0n) is 9.95. The molecule has 0 spiro atoms. The lowest BCUT2D eigenvalue weighted by molar-refractivity contribution is 0.567. The summed E-state index contributed by atoms with van der Waals surface area (Å²) in [6.45, 7) is 8.54. The predicted molar refractivity (Wildman–Crippen MR) is 61.7 cm³/mol. The van der Waals surface area contributed by atoms with Crippen LogP contribution in [0, 0.1) is 5.92 Å². The van der Waals surface area contributed by atoms with Crippen LogP contribution < -0.4 is 5.32 Å². The molecule has 2 rings (SSSR count). The Balaban J connectivity index is 1.96. The van der Waals surface area contributed by atoms with Gasteiger partial charge in [0.15, 0.2) is 0 Å². The summed E-state index contributed by atoms with van der Waals surface area (Å²) < 4.78 is 2.11. The van der Waals surface area contributed by atoms with Crippen molar-refractivity contribution < 1.29 is 0 Å². The molecule has 0 saturated heterocycles. The maximum absolute atomic E-state index is 4.54. The number of hydrogen-bond acceptors (Lipinski definition) is 2. The first-order valence-corrected chi connectivity index (χ1v) is 6.03. The van der Waals surface area contributed by atoms with Gasteiger partial charge in [-0.25, -0.2) is 0 Å². The molecule has 0 amide bonds. The van der Waals surface area contributed by atoms with E-state index in [1.807, 2.05) is 0 Å². The lowest BCUT2D eigenvalue weighted by Crippen LogP contribution is -2.19. The predicted octanol–water partition coefficient (Wildman–Crippen LogP) is 1.96. The van der Waals surface area contributed by atoms with Crippen molar-refractivity contribution in [2.45, 2.75) is 52.7 Å². The summed E-state index contributed by atoms with van der Waals surface area (Å²) in [6.07, 6.45) is 2.36. The quantitative estimate of drug-likeness (QED) is 0.800. The molecule has 0 bridgehead atoms. The summed E-state index contributed by atoms with van der Waals surface area (Å²) >= 11 is 0. The van der Waals surface area contributed by atoms with Crippen molar-refractivity contribution in [1.82, 2.24) is 15.1 Å². The minimum atomic E-state index is 0.746. The van der Waals surface area contributed by atoms with E-state index >= 15 is 0 Å².